The Bertz CT molecular complexity index is 1180. The third-order valence-corrected chi connectivity index (χ3v) is 5.60. The van der Waals surface area contributed by atoms with Crippen LogP contribution in [-0.2, 0) is 16.6 Å². The zero-order chi connectivity index (χ0) is 21.7. The lowest BCUT2D eigenvalue weighted by molar-refractivity contribution is 0.0949. The average molecular weight is 431 g/mol. The summed E-state index contributed by atoms with van der Waals surface area (Å²) < 4.78 is 45.3. The van der Waals surface area contributed by atoms with E-state index in [4.69, 9.17) is 4.42 Å². The molecule has 2 amide bonds. The lowest BCUT2D eigenvalue weighted by Gasteiger charge is -2.12. The Balaban J connectivity index is 1.82. The molecule has 0 saturated heterocycles. The van der Waals surface area contributed by atoms with Gasteiger partial charge in [-0.15, -0.1) is 0 Å². The van der Waals surface area contributed by atoms with Gasteiger partial charge in [0.2, 0.25) is 10.0 Å². The van der Waals surface area contributed by atoms with Gasteiger partial charge in [-0.25, -0.2) is 17.5 Å². The summed E-state index contributed by atoms with van der Waals surface area (Å²) in [5, 5.41) is 5.12. The maximum atomic E-state index is 14.2. The molecule has 1 heterocycles. The number of carbonyl (C=O) groups is 2. The second-order valence-corrected chi connectivity index (χ2v) is 8.00. The monoisotopic (exact) mass is 431 g/mol. The Morgan fingerprint density at radius 3 is 2.47 bits per heavy atom. The van der Waals surface area contributed by atoms with Gasteiger partial charge in [0.05, 0.1) is 34.5 Å². The van der Waals surface area contributed by atoms with Crippen LogP contribution in [0.25, 0.3) is 0 Å². The van der Waals surface area contributed by atoms with Gasteiger partial charge >= 0.3 is 0 Å². The molecule has 1 aromatic heterocycles. The topological polar surface area (TPSA) is 118 Å². The van der Waals surface area contributed by atoms with Crippen LogP contribution in [0.1, 0.15) is 26.5 Å². The number of anilines is 1. The minimum Gasteiger partial charge on any atom is -0.467 e. The standard InChI is InChI=1S/C20H18FN3O5S/c1-22-30(27,28)14-8-9-17(21)16(11-14)20(26)24-18-7-3-2-6-15(18)19(25)23-12-13-5-4-10-29-13/h2-11,22H,12H2,1H3,(H,23,25)(H,24,26). The molecule has 0 radical (unpaired) electrons. The SMILES string of the molecule is CNS(=O)(=O)c1ccc(F)c(C(=O)Nc2ccccc2C(=O)NCc2ccco2)c1. The fourth-order valence-corrected chi connectivity index (χ4v) is 3.37. The van der Waals surface area contributed by atoms with E-state index in [0.717, 1.165) is 18.2 Å². The molecule has 0 aliphatic carbocycles. The van der Waals surface area contributed by atoms with Crippen molar-refractivity contribution in [2.45, 2.75) is 11.4 Å². The largest absolute Gasteiger partial charge is 0.467 e. The minimum absolute atomic E-state index is 0.140. The van der Waals surface area contributed by atoms with E-state index in [1.807, 2.05) is 0 Å². The van der Waals surface area contributed by atoms with E-state index < -0.39 is 33.2 Å². The summed E-state index contributed by atoms with van der Waals surface area (Å²) in [5.74, 6) is -1.72. The quantitative estimate of drug-likeness (QED) is 0.531. The number of benzene rings is 2. The zero-order valence-electron chi connectivity index (χ0n) is 15.8. The number of sulfonamides is 1. The summed E-state index contributed by atoms with van der Waals surface area (Å²) in [4.78, 5) is 24.9. The molecule has 0 aliphatic rings. The van der Waals surface area contributed by atoms with E-state index >= 15 is 0 Å². The summed E-state index contributed by atoms with van der Waals surface area (Å²) in [6.07, 6.45) is 1.48. The highest BCUT2D eigenvalue weighted by Gasteiger charge is 2.20. The van der Waals surface area contributed by atoms with E-state index in [2.05, 4.69) is 15.4 Å². The lowest BCUT2D eigenvalue weighted by atomic mass is 10.1. The van der Waals surface area contributed by atoms with Crippen molar-refractivity contribution in [1.29, 1.82) is 0 Å². The van der Waals surface area contributed by atoms with Crippen LogP contribution in [0, 0.1) is 5.82 Å². The first-order chi connectivity index (χ1) is 14.3. The highest BCUT2D eigenvalue weighted by molar-refractivity contribution is 7.89. The summed E-state index contributed by atoms with van der Waals surface area (Å²) in [5.41, 5.74) is -0.186. The van der Waals surface area contributed by atoms with Gasteiger partial charge in [0, 0.05) is 0 Å². The maximum Gasteiger partial charge on any atom is 0.258 e. The van der Waals surface area contributed by atoms with E-state index in [-0.39, 0.29) is 22.7 Å². The molecule has 0 spiro atoms. The average Bonchev–Trinajstić information content (AvgIpc) is 3.26. The van der Waals surface area contributed by atoms with Gasteiger partial charge in [0.15, 0.2) is 0 Å². The van der Waals surface area contributed by atoms with E-state index in [1.54, 1.807) is 24.3 Å². The van der Waals surface area contributed by atoms with Crippen LogP contribution in [0.2, 0.25) is 0 Å². The minimum atomic E-state index is -3.86. The van der Waals surface area contributed by atoms with Gasteiger partial charge in [-0.2, -0.15) is 0 Å². The predicted octanol–water partition coefficient (Wildman–Crippen LogP) is 2.51. The normalized spacial score (nSPS) is 11.1. The molecular formula is C20H18FN3O5S. The molecule has 0 aliphatic heterocycles. The van der Waals surface area contributed by atoms with Gasteiger partial charge in [-0.3, -0.25) is 9.59 Å². The predicted molar refractivity (Wildman–Crippen MR) is 107 cm³/mol. The molecule has 30 heavy (non-hydrogen) atoms. The number of rotatable bonds is 7. The summed E-state index contributed by atoms with van der Waals surface area (Å²) in [6.45, 7) is 0.146. The van der Waals surface area contributed by atoms with Crippen LogP contribution in [0.5, 0.6) is 0 Å². The van der Waals surface area contributed by atoms with Crippen molar-refractivity contribution < 1.29 is 26.8 Å². The highest BCUT2D eigenvalue weighted by atomic mass is 32.2. The van der Waals surface area contributed by atoms with E-state index in [9.17, 15) is 22.4 Å². The summed E-state index contributed by atoms with van der Waals surface area (Å²) in [6, 6.07) is 12.4. The number of para-hydroxylation sites is 1. The van der Waals surface area contributed by atoms with E-state index in [1.165, 1.54) is 25.4 Å². The molecule has 3 aromatic rings. The Morgan fingerprint density at radius 2 is 1.77 bits per heavy atom. The van der Waals surface area contributed by atoms with Crippen molar-refractivity contribution in [2.24, 2.45) is 0 Å². The molecule has 0 bridgehead atoms. The van der Waals surface area contributed by atoms with Gasteiger partial charge < -0.3 is 15.1 Å². The van der Waals surface area contributed by atoms with E-state index in [0.29, 0.717) is 5.76 Å². The van der Waals surface area contributed by atoms with Crippen LogP contribution in [0.4, 0.5) is 10.1 Å². The molecular weight excluding hydrogens is 413 g/mol. The van der Waals surface area contributed by atoms with Crippen molar-refractivity contribution in [3.05, 3.63) is 83.6 Å². The first-order valence-electron chi connectivity index (χ1n) is 8.76. The van der Waals surface area contributed by atoms with Crippen molar-refractivity contribution in [3.8, 4) is 0 Å². The van der Waals surface area contributed by atoms with Crippen molar-refractivity contribution >= 4 is 27.5 Å². The molecule has 0 fully saturated rings. The van der Waals surface area contributed by atoms with Gasteiger partial charge in [-0.05, 0) is 49.5 Å². The Labute approximate surface area is 172 Å². The molecule has 8 nitrogen and oxygen atoms in total. The number of furan rings is 1. The molecule has 0 saturated carbocycles. The number of nitrogens with one attached hydrogen (secondary N) is 3. The zero-order valence-corrected chi connectivity index (χ0v) is 16.6. The number of halogens is 1. The maximum absolute atomic E-state index is 14.2. The fraction of sp³-hybridized carbons (Fsp3) is 0.100. The smallest absolute Gasteiger partial charge is 0.258 e. The van der Waals surface area contributed by atoms with Crippen LogP contribution in [-0.4, -0.2) is 27.3 Å². The number of hydrogen-bond donors (Lipinski definition) is 3. The summed E-state index contributed by atoms with van der Waals surface area (Å²) in [7, 11) is -2.66. The first-order valence-corrected chi connectivity index (χ1v) is 10.2. The Morgan fingerprint density at radius 1 is 1.00 bits per heavy atom. The molecule has 10 heteroatoms. The number of amides is 2. The summed E-state index contributed by atoms with van der Waals surface area (Å²) >= 11 is 0. The molecule has 156 valence electrons. The molecule has 0 atom stereocenters. The second kappa shape index (κ2) is 8.89. The second-order valence-electron chi connectivity index (χ2n) is 6.11. The third-order valence-electron chi connectivity index (χ3n) is 4.18. The van der Waals surface area contributed by atoms with Crippen LogP contribution < -0.4 is 15.4 Å². The van der Waals surface area contributed by atoms with Crippen molar-refractivity contribution in [2.75, 3.05) is 12.4 Å². The molecule has 2 aromatic carbocycles. The Kier molecular flexibility index (Phi) is 6.28. The van der Waals surface area contributed by atoms with Crippen LogP contribution in [0.15, 0.2) is 70.2 Å². The lowest BCUT2D eigenvalue weighted by Crippen LogP contribution is -2.25. The van der Waals surface area contributed by atoms with Crippen LogP contribution in [0.3, 0.4) is 0 Å². The van der Waals surface area contributed by atoms with Gasteiger partial charge in [0.1, 0.15) is 11.6 Å². The van der Waals surface area contributed by atoms with Gasteiger partial charge in [-0.1, -0.05) is 12.1 Å². The highest BCUT2D eigenvalue weighted by Crippen LogP contribution is 2.20. The third kappa shape index (κ3) is 4.73. The number of hydrogen-bond acceptors (Lipinski definition) is 5. The molecule has 3 rings (SSSR count). The van der Waals surface area contributed by atoms with Crippen molar-refractivity contribution in [1.82, 2.24) is 10.0 Å². The fourth-order valence-electron chi connectivity index (χ4n) is 2.62. The molecule has 3 N–H and O–H groups in total. The molecule has 0 unspecified atom stereocenters. The Hall–Kier alpha value is -3.50. The van der Waals surface area contributed by atoms with Gasteiger partial charge in [0.25, 0.3) is 11.8 Å². The van der Waals surface area contributed by atoms with Crippen LogP contribution >= 0.6 is 0 Å². The first kappa shape index (κ1) is 21.2. The number of carbonyl (C=O) groups excluding carboxylic acids is 2. The van der Waals surface area contributed by atoms with Crippen molar-refractivity contribution in [3.63, 3.8) is 0 Å².